The predicted molar refractivity (Wildman–Crippen MR) is 122 cm³/mol. The predicted octanol–water partition coefficient (Wildman–Crippen LogP) is 2.43. The van der Waals surface area contributed by atoms with Gasteiger partial charge in [0.25, 0.3) is 0 Å². The second-order valence-corrected chi connectivity index (χ2v) is 6.90. The molecule has 2 rings (SSSR count). The molecule has 1 amide bonds. The highest BCUT2D eigenvalue weighted by Crippen LogP contribution is 2.11. The van der Waals surface area contributed by atoms with Crippen molar-refractivity contribution in [3.63, 3.8) is 0 Å². The summed E-state index contributed by atoms with van der Waals surface area (Å²) in [6.45, 7) is 8.39. The Bertz CT molecular complexity index is 622. The number of rotatable bonds is 7. The van der Waals surface area contributed by atoms with Gasteiger partial charge in [-0.1, -0.05) is 38.1 Å². The number of carbonyl (C=O) groups is 1. The maximum Gasteiger partial charge on any atom is 0.222 e. The minimum Gasteiger partial charge on any atom is -0.352 e. The van der Waals surface area contributed by atoms with Crippen LogP contribution in [-0.2, 0) is 17.9 Å². The van der Waals surface area contributed by atoms with E-state index in [9.17, 15) is 4.79 Å². The van der Waals surface area contributed by atoms with E-state index in [0.717, 1.165) is 45.1 Å². The fourth-order valence-corrected chi connectivity index (χ4v) is 3.16. The Balaban J connectivity index is 0.00000364. The Hall–Kier alpha value is -1.35. The summed E-state index contributed by atoms with van der Waals surface area (Å²) in [5.41, 5.74) is 2.56. The highest BCUT2D eigenvalue weighted by atomic mass is 127. The second-order valence-electron chi connectivity index (χ2n) is 6.90. The maximum atomic E-state index is 11.8. The molecule has 1 aliphatic heterocycles. The third kappa shape index (κ3) is 7.65. The van der Waals surface area contributed by atoms with Crippen molar-refractivity contribution >= 4 is 35.8 Å². The van der Waals surface area contributed by atoms with Gasteiger partial charge in [-0.25, -0.2) is 0 Å². The lowest BCUT2D eigenvalue weighted by Crippen LogP contribution is -2.44. The van der Waals surface area contributed by atoms with Gasteiger partial charge in [0.2, 0.25) is 5.91 Å². The Morgan fingerprint density at radius 1 is 1.33 bits per heavy atom. The summed E-state index contributed by atoms with van der Waals surface area (Å²) in [6, 6.07) is 8.91. The monoisotopic (exact) mass is 487 g/mol. The Morgan fingerprint density at radius 3 is 2.74 bits per heavy atom. The first-order valence-corrected chi connectivity index (χ1v) is 9.57. The van der Waals surface area contributed by atoms with Gasteiger partial charge in [0, 0.05) is 45.7 Å². The molecular weight excluding hydrogens is 453 g/mol. The van der Waals surface area contributed by atoms with E-state index in [2.05, 4.69) is 58.8 Å². The van der Waals surface area contributed by atoms with Crippen LogP contribution in [-0.4, -0.2) is 61.4 Å². The summed E-state index contributed by atoms with van der Waals surface area (Å²) >= 11 is 0. The van der Waals surface area contributed by atoms with Crippen LogP contribution in [0.3, 0.4) is 0 Å². The minimum absolute atomic E-state index is 0. The average Bonchev–Trinajstić information content (AvgIpc) is 3.13. The number of guanidine groups is 1. The molecule has 0 aromatic heterocycles. The maximum absolute atomic E-state index is 11.8. The van der Waals surface area contributed by atoms with Gasteiger partial charge >= 0.3 is 0 Å². The van der Waals surface area contributed by atoms with Gasteiger partial charge < -0.3 is 20.4 Å². The van der Waals surface area contributed by atoms with Crippen molar-refractivity contribution in [1.29, 1.82) is 0 Å². The van der Waals surface area contributed by atoms with Crippen molar-refractivity contribution in [1.82, 2.24) is 20.4 Å². The van der Waals surface area contributed by atoms with Gasteiger partial charge in [0.1, 0.15) is 0 Å². The van der Waals surface area contributed by atoms with Crippen LogP contribution in [0.4, 0.5) is 0 Å². The molecule has 0 radical (unpaired) electrons. The van der Waals surface area contributed by atoms with Crippen LogP contribution >= 0.6 is 24.0 Å². The number of nitrogens with one attached hydrogen (secondary N) is 2. The second kappa shape index (κ2) is 12.2. The van der Waals surface area contributed by atoms with Gasteiger partial charge in [-0.3, -0.25) is 9.79 Å². The Morgan fingerprint density at radius 2 is 2.07 bits per heavy atom. The number of hydrogen-bond acceptors (Lipinski definition) is 3. The molecule has 1 aliphatic rings. The molecular formula is C20H34IN5O. The van der Waals surface area contributed by atoms with Crippen LogP contribution in [0.15, 0.2) is 29.3 Å². The molecule has 0 aliphatic carbocycles. The Labute approximate surface area is 180 Å². The molecule has 2 N–H and O–H groups in total. The normalized spacial score (nSPS) is 17.0. The van der Waals surface area contributed by atoms with Crippen LogP contribution in [0.2, 0.25) is 0 Å². The van der Waals surface area contributed by atoms with E-state index in [0.29, 0.717) is 6.42 Å². The topological polar surface area (TPSA) is 60.0 Å². The highest BCUT2D eigenvalue weighted by molar-refractivity contribution is 14.0. The Kier molecular flexibility index (Phi) is 10.7. The van der Waals surface area contributed by atoms with Crippen molar-refractivity contribution in [2.75, 3.05) is 33.7 Å². The van der Waals surface area contributed by atoms with Crippen molar-refractivity contribution in [3.8, 4) is 0 Å². The molecule has 1 atom stereocenters. The first-order valence-electron chi connectivity index (χ1n) is 9.57. The molecule has 1 aromatic rings. The van der Waals surface area contributed by atoms with Crippen LogP contribution in [0.1, 0.15) is 37.8 Å². The first-order chi connectivity index (χ1) is 12.5. The highest BCUT2D eigenvalue weighted by Gasteiger charge is 2.25. The van der Waals surface area contributed by atoms with Gasteiger partial charge in [-0.15, -0.1) is 24.0 Å². The van der Waals surface area contributed by atoms with Gasteiger partial charge in [0.15, 0.2) is 5.96 Å². The molecule has 0 bridgehead atoms. The van der Waals surface area contributed by atoms with E-state index in [1.54, 1.807) is 7.05 Å². The number of nitrogens with zero attached hydrogens (tertiary/aromatic N) is 3. The fraction of sp³-hybridized carbons (Fsp3) is 0.600. The van der Waals surface area contributed by atoms with Crippen molar-refractivity contribution in [2.24, 2.45) is 4.99 Å². The smallest absolute Gasteiger partial charge is 0.222 e. The zero-order chi connectivity index (χ0) is 18.9. The zero-order valence-corrected chi connectivity index (χ0v) is 19.3. The quantitative estimate of drug-likeness (QED) is 0.353. The van der Waals surface area contributed by atoms with Crippen LogP contribution in [0.5, 0.6) is 0 Å². The molecule has 27 heavy (non-hydrogen) atoms. The summed E-state index contributed by atoms with van der Waals surface area (Å²) in [5, 5.41) is 6.82. The average molecular weight is 487 g/mol. The van der Waals surface area contributed by atoms with E-state index in [1.165, 1.54) is 11.1 Å². The third-order valence-electron chi connectivity index (χ3n) is 4.85. The number of likely N-dealkylation sites (tertiary alicyclic amines) is 1. The molecule has 152 valence electrons. The number of hydrogen-bond donors (Lipinski definition) is 2. The SMILES string of the molecule is CCC(=O)N1CCC(NC(=NC)NCc2cccc(CN(C)CC)c2)C1.I. The van der Waals surface area contributed by atoms with Crippen LogP contribution < -0.4 is 10.6 Å². The van der Waals surface area contributed by atoms with Gasteiger partial charge in [0.05, 0.1) is 0 Å². The lowest BCUT2D eigenvalue weighted by atomic mass is 10.1. The minimum atomic E-state index is 0. The third-order valence-corrected chi connectivity index (χ3v) is 4.85. The van der Waals surface area contributed by atoms with E-state index < -0.39 is 0 Å². The van der Waals surface area contributed by atoms with E-state index in [4.69, 9.17) is 0 Å². The molecule has 1 saturated heterocycles. The van der Waals surface area contributed by atoms with Gasteiger partial charge in [-0.2, -0.15) is 0 Å². The van der Waals surface area contributed by atoms with Crippen molar-refractivity contribution in [2.45, 2.75) is 45.8 Å². The molecule has 0 spiro atoms. The zero-order valence-electron chi connectivity index (χ0n) is 17.0. The summed E-state index contributed by atoms with van der Waals surface area (Å²) < 4.78 is 0. The lowest BCUT2D eigenvalue weighted by molar-refractivity contribution is -0.129. The first kappa shape index (κ1) is 23.7. The molecule has 1 fully saturated rings. The van der Waals surface area contributed by atoms with E-state index >= 15 is 0 Å². The largest absolute Gasteiger partial charge is 0.352 e. The van der Waals surface area contributed by atoms with E-state index in [-0.39, 0.29) is 35.9 Å². The van der Waals surface area contributed by atoms with Crippen LogP contribution in [0.25, 0.3) is 0 Å². The fourth-order valence-electron chi connectivity index (χ4n) is 3.16. The number of carbonyl (C=O) groups excluding carboxylic acids is 1. The summed E-state index contributed by atoms with van der Waals surface area (Å²) in [7, 11) is 3.91. The molecule has 6 nitrogen and oxygen atoms in total. The molecule has 1 unspecified atom stereocenters. The van der Waals surface area contributed by atoms with Gasteiger partial charge in [-0.05, 0) is 31.1 Å². The summed E-state index contributed by atoms with van der Waals surface area (Å²) in [5.74, 6) is 1.02. The summed E-state index contributed by atoms with van der Waals surface area (Å²) in [6.07, 6.45) is 1.54. The number of amides is 1. The molecule has 1 heterocycles. The lowest BCUT2D eigenvalue weighted by Gasteiger charge is -2.19. The molecule has 0 saturated carbocycles. The van der Waals surface area contributed by atoms with E-state index in [1.807, 2.05) is 11.8 Å². The number of halogens is 1. The standard InChI is InChI=1S/C20H33N5O.HI/c1-5-19(26)25-11-10-18(15-25)23-20(21-3)22-13-16-8-7-9-17(12-16)14-24(4)6-2;/h7-9,12,18H,5-6,10-11,13-15H2,1-4H3,(H2,21,22,23);1H. The summed E-state index contributed by atoms with van der Waals surface area (Å²) in [4.78, 5) is 20.3. The molecule has 1 aromatic carbocycles. The van der Waals surface area contributed by atoms with Crippen molar-refractivity contribution in [3.05, 3.63) is 35.4 Å². The van der Waals surface area contributed by atoms with Crippen LogP contribution in [0, 0.1) is 0 Å². The number of aliphatic imine (C=N–C) groups is 1. The van der Waals surface area contributed by atoms with Crippen molar-refractivity contribution < 1.29 is 4.79 Å². The number of benzene rings is 1. The molecule has 7 heteroatoms.